The number of halogens is 6. The number of alkyl carbamates (subject to hydrolysis) is 1. The van der Waals surface area contributed by atoms with Crippen LogP contribution in [-0.2, 0) is 40.0 Å². The van der Waals surface area contributed by atoms with Crippen LogP contribution in [0.1, 0.15) is 68.6 Å². The summed E-state index contributed by atoms with van der Waals surface area (Å²) in [7, 11) is 0. The molecule has 2 amide bonds. The van der Waals surface area contributed by atoms with Gasteiger partial charge in [0.25, 0.3) is 0 Å². The zero-order valence-electron chi connectivity index (χ0n) is 23.0. The van der Waals surface area contributed by atoms with Crippen molar-refractivity contribution in [2.45, 2.75) is 84.5 Å². The number of nitrogens with zero attached hydrogens (tertiary/aromatic N) is 3. The van der Waals surface area contributed by atoms with Gasteiger partial charge in [-0.15, -0.1) is 0 Å². The molecule has 0 saturated carbocycles. The van der Waals surface area contributed by atoms with Crippen LogP contribution in [0.2, 0.25) is 0 Å². The van der Waals surface area contributed by atoms with Crippen molar-refractivity contribution in [2.75, 3.05) is 6.54 Å². The molecule has 15 heteroatoms. The van der Waals surface area contributed by atoms with Gasteiger partial charge in [-0.1, -0.05) is 0 Å². The summed E-state index contributed by atoms with van der Waals surface area (Å²) >= 11 is 0. The van der Waals surface area contributed by atoms with Gasteiger partial charge in [-0.3, -0.25) is 4.79 Å². The number of rotatable bonds is 7. The van der Waals surface area contributed by atoms with Crippen molar-refractivity contribution < 1.29 is 50.2 Å². The third-order valence-corrected chi connectivity index (χ3v) is 5.85. The lowest BCUT2D eigenvalue weighted by molar-refractivity contribution is -0.148. The average molecular weight is 593 g/mol. The van der Waals surface area contributed by atoms with Crippen LogP contribution in [0.5, 0.6) is 0 Å². The van der Waals surface area contributed by atoms with Crippen LogP contribution in [0.3, 0.4) is 0 Å². The lowest BCUT2D eigenvalue weighted by Crippen LogP contribution is -2.45. The molecule has 0 aliphatic carbocycles. The van der Waals surface area contributed by atoms with E-state index in [2.05, 4.69) is 10.3 Å². The predicted molar refractivity (Wildman–Crippen MR) is 131 cm³/mol. The molecule has 1 N–H and O–H groups in total. The molecule has 1 aromatic carbocycles. The van der Waals surface area contributed by atoms with E-state index in [9.17, 15) is 40.7 Å². The van der Waals surface area contributed by atoms with E-state index >= 15 is 0 Å². The highest BCUT2D eigenvalue weighted by Gasteiger charge is 2.42. The van der Waals surface area contributed by atoms with E-state index in [1.54, 1.807) is 20.8 Å². The first-order valence-corrected chi connectivity index (χ1v) is 12.6. The Hall–Kier alpha value is -3.78. The average Bonchev–Trinajstić information content (AvgIpc) is 3.20. The quantitative estimate of drug-likeness (QED) is 0.283. The minimum absolute atomic E-state index is 0.189. The van der Waals surface area contributed by atoms with Crippen molar-refractivity contribution in [1.82, 2.24) is 19.8 Å². The van der Waals surface area contributed by atoms with Crippen LogP contribution in [0, 0.1) is 17.5 Å². The summed E-state index contributed by atoms with van der Waals surface area (Å²) in [5.41, 5.74) is -2.04. The van der Waals surface area contributed by atoms with E-state index in [4.69, 9.17) is 9.47 Å². The van der Waals surface area contributed by atoms with E-state index in [-0.39, 0.29) is 24.3 Å². The first-order chi connectivity index (χ1) is 18.9. The highest BCUT2D eigenvalue weighted by atomic mass is 19.4. The zero-order chi connectivity index (χ0) is 30.9. The van der Waals surface area contributed by atoms with Gasteiger partial charge in [0.15, 0.2) is 17.3 Å². The predicted octanol–water partition coefficient (Wildman–Crippen LogP) is 4.75. The lowest BCUT2D eigenvalue weighted by Gasteiger charge is -2.31. The summed E-state index contributed by atoms with van der Waals surface area (Å²) in [6.07, 6.45) is -7.45. The van der Waals surface area contributed by atoms with E-state index in [1.807, 2.05) is 0 Å². The first-order valence-electron chi connectivity index (χ1n) is 12.6. The number of imidazole rings is 1. The van der Waals surface area contributed by atoms with Crippen LogP contribution in [-0.4, -0.2) is 56.7 Å². The Kier molecular flexibility index (Phi) is 9.28. The van der Waals surface area contributed by atoms with E-state index in [1.165, 1.54) is 13.8 Å². The van der Waals surface area contributed by atoms with Crippen LogP contribution < -0.4 is 5.32 Å². The fraction of sp³-hybridized carbons (Fsp3) is 0.538. The van der Waals surface area contributed by atoms with Gasteiger partial charge in [0.2, 0.25) is 11.7 Å². The summed E-state index contributed by atoms with van der Waals surface area (Å²) in [6.45, 7) is 6.76. The summed E-state index contributed by atoms with van der Waals surface area (Å²) in [5.74, 6) is -6.95. The Balaban J connectivity index is 1.87. The molecule has 1 aliphatic rings. The van der Waals surface area contributed by atoms with Crippen molar-refractivity contribution in [3.63, 3.8) is 0 Å². The number of amides is 2. The van der Waals surface area contributed by atoms with Crippen molar-refractivity contribution in [3.8, 4) is 0 Å². The number of alkyl halides is 3. The molecule has 0 fully saturated rings. The van der Waals surface area contributed by atoms with E-state index in [0.717, 1.165) is 9.47 Å². The van der Waals surface area contributed by atoms with Crippen molar-refractivity contribution in [3.05, 3.63) is 52.4 Å². The molecule has 0 radical (unpaired) electrons. The summed E-state index contributed by atoms with van der Waals surface area (Å²) in [5, 5.41) is 2.42. The molecule has 1 aliphatic heterocycles. The first kappa shape index (κ1) is 31.7. The molecular weight excluding hydrogens is 562 g/mol. The van der Waals surface area contributed by atoms with Crippen LogP contribution >= 0.6 is 0 Å². The fourth-order valence-electron chi connectivity index (χ4n) is 4.20. The number of carbonyl (C=O) groups excluding carboxylic acids is 3. The number of carbonyl (C=O) groups is 3. The highest BCUT2D eigenvalue weighted by molar-refractivity contribution is 5.89. The zero-order valence-corrected chi connectivity index (χ0v) is 23.0. The molecule has 2 heterocycles. The molecule has 9 nitrogen and oxygen atoms in total. The summed E-state index contributed by atoms with van der Waals surface area (Å²) in [6, 6.07) is -0.248. The second-order valence-corrected chi connectivity index (χ2v) is 10.8. The summed E-state index contributed by atoms with van der Waals surface area (Å²) < 4.78 is 93.5. The Bertz CT molecular complexity index is 1320. The molecule has 1 aromatic heterocycles. The molecule has 3 rings (SSSR count). The second-order valence-electron chi connectivity index (χ2n) is 10.8. The van der Waals surface area contributed by atoms with Gasteiger partial charge in [0.1, 0.15) is 11.4 Å². The van der Waals surface area contributed by atoms with Gasteiger partial charge in [-0.2, -0.15) is 13.2 Å². The number of ether oxygens (including phenoxy) is 2. The molecule has 2 aromatic rings. The van der Waals surface area contributed by atoms with Crippen LogP contribution in [0.15, 0.2) is 12.1 Å². The number of benzene rings is 1. The Morgan fingerprint density at radius 3 is 2.24 bits per heavy atom. The van der Waals surface area contributed by atoms with E-state index in [0.29, 0.717) is 12.1 Å². The molecule has 0 spiro atoms. The van der Waals surface area contributed by atoms with Gasteiger partial charge in [0.05, 0.1) is 18.3 Å². The Morgan fingerprint density at radius 1 is 1.02 bits per heavy atom. The van der Waals surface area contributed by atoms with Gasteiger partial charge >= 0.3 is 18.2 Å². The largest absolute Gasteiger partial charge is 0.458 e. The number of esters is 1. The molecule has 0 saturated heterocycles. The van der Waals surface area contributed by atoms with Gasteiger partial charge in [-0.25, -0.2) is 27.7 Å². The highest BCUT2D eigenvalue weighted by Crippen LogP contribution is 2.33. The normalized spacial score (nSPS) is 14.5. The topological polar surface area (TPSA) is 103 Å². The molecule has 0 unspecified atom stereocenters. The smallest absolute Gasteiger partial charge is 0.449 e. The van der Waals surface area contributed by atoms with Crippen molar-refractivity contribution >= 4 is 18.0 Å². The second kappa shape index (κ2) is 12.0. The van der Waals surface area contributed by atoms with Gasteiger partial charge in [-0.05, 0) is 52.7 Å². The SMILES string of the molecule is CC(C)OC(=O)c1nc(C(F)(F)F)n2c1CN(C(=O)C[C@@H](Cc1cc(F)c(F)cc1F)NC(=O)OC(C)(C)C)CC2. The van der Waals surface area contributed by atoms with Gasteiger partial charge < -0.3 is 24.3 Å². The third-order valence-electron chi connectivity index (χ3n) is 5.85. The van der Waals surface area contributed by atoms with Crippen LogP contribution in [0.25, 0.3) is 0 Å². The molecule has 41 heavy (non-hydrogen) atoms. The maximum absolute atomic E-state index is 14.4. The maximum atomic E-state index is 14.4. The van der Waals surface area contributed by atoms with Crippen LogP contribution in [0.4, 0.5) is 31.1 Å². The van der Waals surface area contributed by atoms with Crippen molar-refractivity contribution in [1.29, 1.82) is 0 Å². The number of fused-ring (bicyclic) bond motifs is 1. The lowest BCUT2D eigenvalue weighted by atomic mass is 10.0. The minimum atomic E-state index is -4.88. The monoisotopic (exact) mass is 592 g/mol. The Labute approximate surface area is 231 Å². The number of aromatic nitrogens is 2. The number of hydrogen-bond acceptors (Lipinski definition) is 6. The van der Waals surface area contributed by atoms with Gasteiger partial charge in [0, 0.05) is 31.6 Å². The minimum Gasteiger partial charge on any atom is -0.458 e. The molecular formula is C26H30F6N4O5. The summed E-state index contributed by atoms with van der Waals surface area (Å²) in [4.78, 5) is 42.9. The molecule has 0 bridgehead atoms. The molecule has 226 valence electrons. The standard InChI is InChI=1S/C26H30F6N4O5/c1-13(2)40-22(38)21-19-12-35(6-7-36(19)23(34-21)26(30,31)32)20(37)10-15(33-24(39)41-25(3,4)5)8-14-9-17(28)18(29)11-16(14)27/h9,11,13,15H,6-8,10,12H2,1-5H3,(H,33,39)/t15-/m1/s1. The third kappa shape index (κ3) is 8.13. The Morgan fingerprint density at radius 2 is 1.66 bits per heavy atom. The number of hydrogen-bond donors (Lipinski definition) is 1. The number of nitrogens with one attached hydrogen (secondary N) is 1. The fourth-order valence-corrected chi connectivity index (χ4v) is 4.20. The molecule has 1 atom stereocenters. The maximum Gasteiger partial charge on any atom is 0.449 e. The van der Waals surface area contributed by atoms with Crippen molar-refractivity contribution in [2.24, 2.45) is 0 Å². The van der Waals surface area contributed by atoms with E-state index < -0.39 is 90.2 Å².